The normalized spacial score (nSPS) is 10.9. The monoisotopic (exact) mass is 214 g/mol. The molecule has 1 aromatic heterocycles. The zero-order chi connectivity index (χ0) is 11.5. The Morgan fingerprint density at radius 3 is 2.75 bits per heavy atom. The van der Waals surface area contributed by atoms with Crippen molar-refractivity contribution >= 4 is 10.9 Å². The molecule has 2 rings (SSSR count). The Bertz CT molecular complexity index is 503. The average molecular weight is 214 g/mol. The Hall–Kier alpha value is -1.41. The lowest BCUT2D eigenvalue weighted by Crippen LogP contribution is -2.04. The number of hydrogen-bond donors (Lipinski definition) is 1. The zero-order valence-corrected chi connectivity index (χ0v) is 9.96. The van der Waals surface area contributed by atoms with Crippen LogP contribution in [-0.2, 0) is 12.8 Å². The van der Waals surface area contributed by atoms with Gasteiger partial charge in [-0.15, -0.1) is 0 Å². The molecule has 0 radical (unpaired) electrons. The Morgan fingerprint density at radius 1 is 1.25 bits per heavy atom. The Morgan fingerprint density at radius 2 is 2.06 bits per heavy atom. The topological polar surface area (TPSA) is 38.9 Å². The zero-order valence-electron chi connectivity index (χ0n) is 9.96. The number of aromatic nitrogens is 1. The van der Waals surface area contributed by atoms with Crippen LogP contribution < -0.4 is 5.73 Å². The number of nitrogens with zero attached hydrogens (tertiary/aromatic N) is 1. The van der Waals surface area contributed by atoms with Crippen LogP contribution in [0.5, 0.6) is 0 Å². The third-order valence-corrected chi connectivity index (χ3v) is 2.91. The van der Waals surface area contributed by atoms with Crippen molar-refractivity contribution in [2.24, 2.45) is 5.73 Å². The van der Waals surface area contributed by atoms with E-state index < -0.39 is 0 Å². The summed E-state index contributed by atoms with van der Waals surface area (Å²) in [7, 11) is 0. The van der Waals surface area contributed by atoms with Gasteiger partial charge in [0.1, 0.15) is 0 Å². The van der Waals surface area contributed by atoms with Crippen LogP contribution in [0.1, 0.15) is 23.7 Å². The smallest absolute Gasteiger partial charge is 0.0708 e. The number of pyridine rings is 1. The summed E-state index contributed by atoms with van der Waals surface area (Å²) in [6.07, 6.45) is 1.99. The lowest BCUT2D eigenvalue weighted by atomic mass is 10.0. The van der Waals surface area contributed by atoms with Crippen LogP contribution in [-0.4, -0.2) is 11.5 Å². The highest BCUT2D eigenvalue weighted by atomic mass is 14.7. The Labute approximate surface area is 96.5 Å². The molecule has 0 amide bonds. The van der Waals surface area contributed by atoms with Crippen LogP contribution in [0.3, 0.4) is 0 Å². The Balaban J connectivity index is 2.65. The van der Waals surface area contributed by atoms with Crippen molar-refractivity contribution in [1.82, 2.24) is 4.98 Å². The van der Waals surface area contributed by atoms with Crippen molar-refractivity contribution < 1.29 is 0 Å². The van der Waals surface area contributed by atoms with Gasteiger partial charge in [-0.25, -0.2) is 0 Å². The molecule has 2 N–H and O–H groups in total. The third kappa shape index (κ3) is 2.07. The van der Waals surface area contributed by atoms with Gasteiger partial charge in [-0.3, -0.25) is 4.98 Å². The summed E-state index contributed by atoms with van der Waals surface area (Å²) < 4.78 is 0. The van der Waals surface area contributed by atoms with Gasteiger partial charge in [0.25, 0.3) is 0 Å². The molecule has 1 aromatic carbocycles. The minimum absolute atomic E-state index is 0.689. The van der Waals surface area contributed by atoms with E-state index in [0.717, 1.165) is 24.1 Å². The molecule has 1 heterocycles. The first-order chi connectivity index (χ1) is 7.74. The maximum Gasteiger partial charge on any atom is 0.0708 e. The number of benzene rings is 1. The van der Waals surface area contributed by atoms with Gasteiger partial charge in [-0.05, 0) is 55.6 Å². The summed E-state index contributed by atoms with van der Waals surface area (Å²) in [6.45, 7) is 4.90. The molecule has 2 nitrogen and oxygen atoms in total. The van der Waals surface area contributed by atoms with Gasteiger partial charge >= 0.3 is 0 Å². The van der Waals surface area contributed by atoms with E-state index in [2.05, 4.69) is 36.2 Å². The highest BCUT2D eigenvalue weighted by Gasteiger charge is 2.04. The summed E-state index contributed by atoms with van der Waals surface area (Å²) in [4.78, 5) is 4.55. The van der Waals surface area contributed by atoms with E-state index in [1.807, 2.05) is 6.92 Å². The third-order valence-electron chi connectivity index (χ3n) is 2.91. The molecular formula is C14H18N2. The average Bonchev–Trinajstić information content (AvgIpc) is 2.29. The van der Waals surface area contributed by atoms with Gasteiger partial charge in [-0.2, -0.15) is 0 Å². The van der Waals surface area contributed by atoms with Crippen LogP contribution in [0.25, 0.3) is 10.9 Å². The Kier molecular flexibility index (Phi) is 3.20. The minimum atomic E-state index is 0.689. The highest BCUT2D eigenvalue weighted by Crippen LogP contribution is 2.20. The quantitative estimate of drug-likeness (QED) is 0.853. The summed E-state index contributed by atoms with van der Waals surface area (Å²) in [5.74, 6) is 0. The predicted molar refractivity (Wildman–Crippen MR) is 68.6 cm³/mol. The van der Waals surface area contributed by atoms with Crippen molar-refractivity contribution in [3.63, 3.8) is 0 Å². The molecule has 84 valence electrons. The summed E-state index contributed by atoms with van der Waals surface area (Å²) in [5, 5.41) is 1.26. The van der Waals surface area contributed by atoms with E-state index in [-0.39, 0.29) is 0 Å². The first-order valence-corrected chi connectivity index (χ1v) is 5.84. The first kappa shape index (κ1) is 11.1. The van der Waals surface area contributed by atoms with Gasteiger partial charge in [0.05, 0.1) is 5.52 Å². The molecule has 0 aliphatic heterocycles. The van der Waals surface area contributed by atoms with E-state index >= 15 is 0 Å². The largest absolute Gasteiger partial charge is 0.330 e. The van der Waals surface area contributed by atoms with Crippen molar-refractivity contribution in [1.29, 1.82) is 0 Å². The maximum atomic E-state index is 5.65. The first-order valence-electron chi connectivity index (χ1n) is 5.84. The molecule has 0 unspecified atom stereocenters. The second-order valence-electron chi connectivity index (χ2n) is 4.17. The van der Waals surface area contributed by atoms with Gasteiger partial charge in [0.2, 0.25) is 0 Å². The number of rotatable bonds is 3. The molecule has 0 fully saturated rings. The van der Waals surface area contributed by atoms with Crippen LogP contribution in [0, 0.1) is 6.92 Å². The van der Waals surface area contributed by atoms with Gasteiger partial charge in [0.15, 0.2) is 0 Å². The lowest BCUT2D eigenvalue weighted by Gasteiger charge is -2.08. The summed E-state index contributed by atoms with van der Waals surface area (Å²) in [6, 6.07) is 8.66. The maximum absolute atomic E-state index is 5.65. The molecule has 0 saturated heterocycles. The molecule has 0 aliphatic carbocycles. The van der Waals surface area contributed by atoms with E-state index in [1.54, 1.807) is 0 Å². The van der Waals surface area contributed by atoms with E-state index in [1.165, 1.54) is 16.5 Å². The number of hydrogen-bond acceptors (Lipinski definition) is 2. The van der Waals surface area contributed by atoms with E-state index in [0.29, 0.717) is 6.54 Å². The summed E-state index contributed by atoms with van der Waals surface area (Å²) in [5.41, 5.74) is 10.5. The number of fused-ring (bicyclic) bond motifs is 1. The highest BCUT2D eigenvalue weighted by molar-refractivity contribution is 5.83. The standard InChI is InChI=1S/C14H18N2/c1-3-11-4-5-14-13(9-11)12(6-7-15)8-10(2)16-14/h4-5,8-9H,3,6-7,15H2,1-2H3. The molecular weight excluding hydrogens is 196 g/mol. The van der Waals surface area contributed by atoms with Crippen molar-refractivity contribution in [3.05, 3.63) is 41.1 Å². The fourth-order valence-corrected chi connectivity index (χ4v) is 2.07. The van der Waals surface area contributed by atoms with Crippen molar-refractivity contribution in [3.8, 4) is 0 Å². The molecule has 16 heavy (non-hydrogen) atoms. The SMILES string of the molecule is CCc1ccc2nc(C)cc(CCN)c2c1. The minimum Gasteiger partial charge on any atom is -0.330 e. The lowest BCUT2D eigenvalue weighted by molar-refractivity contribution is 0.970. The van der Waals surface area contributed by atoms with Crippen molar-refractivity contribution in [2.75, 3.05) is 6.54 Å². The van der Waals surface area contributed by atoms with Gasteiger partial charge < -0.3 is 5.73 Å². The van der Waals surface area contributed by atoms with Gasteiger partial charge in [-0.1, -0.05) is 13.0 Å². The number of aryl methyl sites for hydroxylation is 2. The fourth-order valence-electron chi connectivity index (χ4n) is 2.07. The van der Waals surface area contributed by atoms with E-state index in [9.17, 15) is 0 Å². The molecule has 2 aromatic rings. The van der Waals surface area contributed by atoms with Crippen LogP contribution in [0.2, 0.25) is 0 Å². The van der Waals surface area contributed by atoms with Crippen LogP contribution >= 0.6 is 0 Å². The second kappa shape index (κ2) is 4.62. The second-order valence-corrected chi connectivity index (χ2v) is 4.17. The summed E-state index contributed by atoms with van der Waals surface area (Å²) >= 11 is 0. The molecule has 0 saturated carbocycles. The van der Waals surface area contributed by atoms with Crippen molar-refractivity contribution in [2.45, 2.75) is 26.7 Å². The van der Waals surface area contributed by atoms with Crippen LogP contribution in [0.15, 0.2) is 24.3 Å². The molecule has 0 aliphatic rings. The fraction of sp³-hybridized carbons (Fsp3) is 0.357. The number of nitrogens with two attached hydrogens (primary N) is 1. The van der Waals surface area contributed by atoms with Crippen LogP contribution in [0.4, 0.5) is 0 Å². The van der Waals surface area contributed by atoms with Gasteiger partial charge in [0, 0.05) is 11.1 Å². The predicted octanol–water partition coefficient (Wildman–Crippen LogP) is 2.61. The molecule has 2 heteroatoms. The molecule has 0 spiro atoms. The molecule has 0 bridgehead atoms. The van der Waals surface area contributed by atoms with E-state index in [4.69, 9.17) is 5.73 Å². The molecule has 0 atom stereocenters.